The lowest BCUT2D eigenvalue weighted by Gasteiger charge is -2.50. The number of hydrogen-bond acceptors (Lipinski definition) is 7. The number of Topliss-reactive ketones (excluding diaryl/α,β-unsaturated/α-hetero) is 1. The molecule has 4 fully saturated rings. The van der Waals surface area contributed by atoms with Crippen LogP contribution in [0.4, 0.5) is 0 Å². The Labute approximate surface area is 169 Å². The Bertz CT molecular complexity index is 828. The van der Waals surface area contributed by atoms with Gasteiger partial charge in [0.05, 0.1) is 18.8 Å². The van der Waals surface area contributed by atoms with E-state index in [0.717, 1.165) is 5.57 Å². The molecule has 8 nitrogen and oxygen atoms in total. The van der Waals surface area contributed by atoms with E-state index in [1.54, 1.807) is 6.08 Å². The van der Waals surface area contributed by atoms with Crippen LogP contribution in [0.2, 0.25) is 0 Å². The molecule has 0 aromatic heterocycles. The Hall–Kier alpha value is -2.00. The Morgan fingerprint density at radius 2 is 1.97 bits per heavy atom. The summed E-state index contributed by atoms with van der Waals surface area (Å²) in [6.07, 6.45) is 4.09. The zero-order valence-electron chi connectivity index (χ0n) is 17.0. The largest absolute Gasteiger partial charge is 0.507 e. The van der Waals surface area contributed by atoms with Gasteiger partial charge in [0.2, 0.25) is 0 Å². The van der Waals surface area contributed by atoms with Gasteiger partial charge >= 0.3 is 0 Å². The molecule has 29 heavy (non-hydrogen) atoms. The van der Waals surface area contributed by atoms with Crippen molar-refractivity contribution >= 4 is 11.7 Å². The molecule has 2 bridgehead atoms. The minimum absolute atomic E-state index is 0.00248. The third-order valence-corrected chi connectivity index (χ3v) is 6.46. The highest BCUT2D eigenvalue weighted by Gasteiger charge is 2.75. The number of allylic oxidation sites excluding steroid dienone is 3. The molecule has 7 atom stereocenters. The highest BCUT2D eigenvalue weighted by atomic mass is 16.8. The van der Waals surface area contributed by atoms with E-state index in [2.05, 4.69) is 5.32 Å². The molecule has 4 rings (SSSR count). The van der Waals surface area contributed by atoms with Gasteiger partial charge in [-0.05, 0) is 26.8 Å². The summed E-state index contributed by atoms with van der Waals surface area (Å²) >= 11 is 0. The van der Waals surface area contributed by atoms with Crippen LogP contribution in [0.5, 0.6) is 0 Å². The van der Waals surface area contributed by atoms with Crippen molar-refractivity contribution in [2.24, 2.45) is 5.92 Å². The smallest absolute Gasteiger partial charge is 0.259 e. The maximum absolute atomic E-state index is 11.7. The van der Waals surface area contributed by atoms with Gasteiger partial charge in [0.1, 0.15) is 29.1 Å². The molecule has 0 aromatic carbocycles. The number of nitrogens with one attached hydrogen (secondary N) is 1. The van der Waals surface area contributed by atoms with Crippen molar-refractivity contribution in [2.75, 3.05) is 6.54 Å². The van der Waals surface area contributed by atoms with E-state index in [4.69, 9.17) is 14.2 Å². The van der Waals surface area contributed by atoms with Crippen LogP contribution < -0.4 is 5.32 Å². The van der Waals surface area contributed by atoms with Crippen molar-refractivity contribution in [1.82, 2.24) is 5.32 Å². The lowest BCUT2D eigenvalue weighted by atomic mass is 9.83. The molecule has 0 radical (unpaired) electrons. The maximum Gasteiger partial charge on any atom is 0.259 e. The first kappa shape index (κ1) is 20.3. The summed E-state index contributed by atoms with van der Waals surface area (Å²) in [4.78, 5) is 23.3. The van der Waals surface area contributed by atoms with Gasteiger partial charge in [0.25, 0.3) is 5.91 Å². The Morgan fingerprint density at radius 1 is 1.24 bits per heavy atom. The van der Waals surface area contributed by atoms with Gasteiger partial charge in [-0.3, -0.25) is 9.59 Å². The predicted octanol–water partition coefficient (Wildman–Crippen LogP) is 1.06. The minimum Gasteiger partial charge on any atom is -0.507 e. The standard InChI is InChI=1S/C21H27NO7/c1-10(5-6-12(23)16-13(24)9-22-19(16)26)7-11(2)14-8-15-17(25)18-20(3,29-18)21(4,27-14)28-15/h5-7,11,14-15,17-18,23,25H,8-9H2,1-4H3,(H,22,26)/b6-5+,10-7+,16-12+/t11-,14+,15+,17-,18-,20+,21+/m1/s1. The zero-order valence-corrected chi connectivity index (χ0v) is 17.0. The first-order chi connectivity index (χ1) is 13.6. The van der Waals surface area contributed by atoms with E-state index in [9.17, 15) is 19.8 Å². The van der Waals surface area contributed by atoms with Gasteiger partial charge < -0.3 is 29.7 Å². The maximum atomic E-state index is 11.7. The SMILES string of the molecule is CC(/C=C/C(O)=C1/C(=O)CNC1=O)=C\[C@@H](C)[C@@H]1C[C@@H]2O[C@](C)(O1)[C@@]1(C)O[C@@H]1[C@@H]2O. The van der Waals surface area contributed by atoms with Crippen LogP contribution in [-0.2, 0) is 23.8 Å². The first-order valence-electron chi connectivity index (χ1n) is 9.88. The quantitative estimate of drug-likeness (QED) is 0.210. The van der Waals surface area contributed by atoms with Crippen molar-refractivity contribution in [2.45, 2.75) is 69.9 Å². The normalized spacial score (nSPS) is 44.5. The number of ether oxygens (including phenoxy) is 3. The second-order valence-electron chi connectivity index (χ2n) is 8.60. The molecule has 3 N–H and O–H groups in total. The molecule has 158 valence electrons. The van der Waals surface area contributed by atoms with E-state index in [1.165, 1.54) is 6.08 Å². The van der Waals surface area contributed by atoms with Crippen molar-refractivity contribution in [3.8, 4) is 0 Å². The summed E-state index contributed by atoms with van der Waals surface area (Å²) in [7, 11) is 0. The molecule has 0 aliphatic carbocycles. The fourth-order valence-corrected chi connectivity index (χ4v) is 4.48. The third kappa shape index (κ3) is 3.24. The molecule has 4 heterocycles. The molecule has 4 aliphatic rings. The number of fused-ring (bicyclic) bond motifs is 4. The van der Waals surface area contributed by atoms with Gasteiger partial charge in [-0.1, -0.05) is 24.6 Å². The van der Waals surface area contributed by atoms with Crippen LogP contribution in [0.3, 0.4) is 0 Å². The van der Waals surface area contributed by atoms with E-state index in [0.29, 0.717) is 6.42 Å². The lowest BCUT2D eigenvalue weighted by Crippen LogP contribution is -2.64. The molecule has 0 saturated carbocycles. The van der Waals surface area contributed by atoms with Crippen LogP contribution in [0.25, 0.3) is 0 Å². The van der Waals surface area contributed by atoms with E-state index >= 15 is 0 Å². The number of amides is 1. The highest BCUT2D eigenvalue weighted by Crippen LogP contribution is 2.57. The monoisotopic (exact) mass is 405 g/mol. The van der Waals surface area contributed by atoms with Crippen molar-refractivity contribution in [3.63, 3.8) is 0 Å². The second kappa shape index (κ2) is 6.77. The van der Waals surface area contributed by atoms with Crippen molar-refractivity contribution in [3.05, 3.63) is 35.1 Å². The molecule has 0 aromatic rings. The number of hydrogen-bond donors (Lipinski definition) is 3. The number of epoxide rings is 1. The van der Waals surface area contributed by atoms with Gasteiger partial charge in [-0.2, -0.15) is 0 Å². The number of aliphatic hydroxyl groups excluding tert-OH is 2. The topological polar surface area (TPSA) is 118 Å². The first-order valence-corrected chi connectivity index (χ1v) is 9.88. The second-order valence-corrected chi connectivity index (χ2v) is 8.60. The Balaban J connectivity index is 1.47. The number of aliphatic hydroxyl groups is 2. The fraction of sp³-hybridized carbons (Fsp3) is 0.619. The van der Waals surface area contributed by atoms with Crippen molar-refractivity contribution in [1.29, 1.82) is 0 Å². The van der Waals surface area contributed by atoms with Gasteiger partial charge in [0.15, 0.2) is 11.6 Å². The minimum atomic E-state index is -0.908. The van der Waals surface area contributed by atoms with E-state index in [1.807, 2.05) is 33.8 Å². The van der Waals surface area contributed by atoms with Gasteiger partial charge in [-0.15, -0.1) is 0 Å². The van der Waals surface area contributed by atoms with Crippen LogP contribution in [0, 0.1) is 5.92 Å². The summed E-state index contributed by atoms with van der Waals surface area (Å²) in [6, 6.07) is 0. The Kier molecular flexibility index (Phi) is 4.73. The number of carbonyl (C=O) groups is 2. The van der Waals surface area contributed by atoms with Crippen LogP contribution >= 0.6 is 0 Å². The highest BCUT2D eigenvalue weighted by molar-refractivity contribution is 6.25. The molecular formula is C21H27NO7. The summed E-state index contributed by atoms with van der Waals surface area (Å²) in [5, 5.41) is 22.9. The zero-order chi connectivity index (χ0) is 21.1. The third-order valence-electron chi connectivity index (χ3n) is 6.46. The molecule has 4 aliphatic heterocycles. The van der Waals surface area contributed by atoms with Crippen LogP contribution in [-0.4, -0.2) is 64.3 Å². The average molecular weight is 405 g/mol. The van der Waals surface area contributed by atoms with Gasteiger partial charge in [0, 0.05) is 12.3 Å². The molecule has 8 heteroatoms. The van der Waals surface area contributed by atoms with Crippen molar-refractivity contribution < 1.29 is 34.0 Å². The predicted molar refractivity (Wildman–Crippen MR) is 102 cm³/mol. The molecule has 0 unspecified atom stereocenters. The summed E-state index contributed by atoms with van der Waals surface area (Å²) < 4.78 is 18.0. The number of carbonyl (C=O) groups excluding carboxylic acids is 2. The van der Waals surface area contributed by atoms with E-state index < -0.39 is 29.2 Å². The number of ketones is 1. The summed E-state index contributed by atoms with van der Waals surface area (Å²) in [5.41, 5.74) is -0.0168. The fourth-order valence-electron chi connectivity index (χ4n) is 4.48. The lowest BCUT2D eigenvalue weighted by molar-refractivity contribution is -0.356. The molecule has 1 amide bonds. The summed E-state index contributed by atoms with van der Waals surface area (Å²) in [6.45, 7) is 7.53. The van der Waals surface area contributed by atoms with Crippen LogP contribution in [0.15, 0.2) is 35.1 Å². The van der Waals surface area contributed by atoms with E-state index in [-0.39, 0.29) is 42.1 Å². The average Bonchev–Trinajstić information content (AvgIpc) is 3.26. The molecule has 0 spiro atoms. The Morgan fingerprint density at radius 3 is 2.62 bits per heavy atom. The molecule has 4 saturated heterocycles. The summed E-state index contributed by atoms with van der Waals surface area (Å²) in [5.74, 6) is -2.23. The van der Waals surface area contributed by atoms with Gasteiger partial charge in [-0.25, -0.2) is 0 Å². The van der Waals surface area contributed by atoms with Crippen LogP contribution in [0.1, 0.15) is 34.1 Å². The molecular weight excluding hydrogens is 378 g/mol. The number of rotatable bonds is 4.